The predicted molar refractivity (Wildman–Crippen MR) is 42.8 cm³/mol. The zero-order chi connectivity index (χ0) is 8.10. The van der Waals surface area contributed by atoms with Crippen LogP contribution in [0.4, 0.5) is 0 Å². The molecule has 1 aliphatic carbocycles. The van der Waals surface area contributed by atoms with E-state index in [1.807, 2.05) is 0 Å². The van der Waals surface area contributed by atoms with Crippen molar-refractivity contribution in [3.05, 3.63) is 0 Å². The van der Waals surface area contributed by atoms with E-state index in [1.54, 1.807) is 0 Å². The van der Waals surface area contributed by atoms with Crippen LogP contribution in [-0.4, -0.2) is 11.2 Å². The number of aliphatic hydroxyl groups excluding tert-OH is 1. The second-order valence-electron chi connectivity index (χ2n) is 3.31. The normalized spacial score (nSPS) is 31.3. The van der Waals surface area contributed by atoms with Crippen LogP contribution in [0.3, 0.4) is 0 Å². The molecular weight excluding hydrogens is 138 g/mol. The minimum absolute atomic E-state index is 0.128. The Bertz CT molecular complexity index is 150. The second-order valence-corrected chi connectivity index (χ2v) is 3.31. The topological polar surface area (TPSA) is 44.0 Å². The van der Waals surface area contributed by atoms with Gasteiger partial charge in [0, 0.05) is 6.42 Å². The SMILES string of the molecule is N#CCC[C@H]1CCCC[C@H]1O. The fraction of sp³-hybridized carbons (Fsp3) is 0.889. The van der Waals surface area contributed by atoms with Gasteiger partial charge in [-0.3, -0.25) is 0 Å². The van der Waals surface area contributed by atoms with Gasteiger partial charge in [-0.05, 0) is 25.2 Å². The minimum atomic E-state index is -0.128. The molecule has 1 saturated carbocycles. The van der Waals surface area contributed by atoms with Gasteiger partial charge in [-0.1, -0.05) is 12.8 Å². The molecule has 0 aromatic rings. The maximum Gasteiger partial charge on any atom is 0.0621 e. The maximum absolute atomic E-state index is 9.49. The molecule has 0 radical (unpaired) electrons. The summed E-state index contributed by atoms with van der Waals surface area (Å²) in [4.78, 5) is 0. The van der Waals surface area contributed by atoms with Gasteiger partial charge in [0.15, 0.2) is 0 Å². The van der Waals surface area contributed by atoms with Crippen LogP contribution in [0.1, 0.15) is 38.5 Å². The molecule has 0 aromatic carbocycles. The Kier molecular flexibility index (Phi) is 3.38. The van der Waals surface area contributed by atoms with Crippen LogP contribution < -0.4 is 0 Å². The number of nitrogens with zero attached hydrogens (tertiary/aromatic N) is 1. The fourth-order valence-corrected chi connectivity index (χ4v) is 1.77. The van der Waals surface area contributed by atoms with Crippen molar-refractivity contribution in [2.24, 2.45) is 5.92 Å². The van der Waals surface area contributed by atoms with Gasteiger partial charge >= 0.3 is 0 Å². The van der Waals surface area contributed by atoms with Gasteiger partial charge < -0.3 is 5.11 Å². The van der Waals surface area contributed by atoms with E-state index in [0.717, 1.165) is 25.7 Å². The van der Waals surface area contributed by atoms with E-state index >= 15 is 0 Å². The van der Waals surface area contributed by atoms with Crippen LogP contribution in [0.15, 0.2) is 0 Å². The molecule has 2 heteroatoms. The summed E-state index contributed by atoms with van der Waals surface area (Å²) in [6.07, 6.45) is 5.80. The third-order valence-corrected chi connectivity index (χ3v) is 2.50. The second kappa shape index (κ2) is 4.35. The summed E-state index contributed by atoms with van der Waals surface area (Å²) >= 11 is 0. The third-order valence-electron chi connectivity index (χ3n) is 2.50. The van der Waals surface area contributed by atoms with Crippen molar-refractivity contribution in [2.75, 3.05) is 0 Å². The lowest BCUT2D eigenvalue weighted by Gasteiger charge is -2.26. The summed E-state index contributed by atoms with van der Waals surface area (Å²) < 4.78 is 0. The summed E-state index contributed by atoms with van der Waals surface area (Å²) in [6, 6.07) is 2.12. The molecule has 0 amide bonds. The third kappa shape index (κ3) is 2.51. The highest BCUT2D eigenvalue weighted by atomic mass is 16.3. The monoisotopic (exact) mass is 153 g/mol. The van der Waals surface area contributed by atoms with Crippen LogP contribution in [0.2, 0.25) is 0 Å². The van der Waals surface area contributed by atoms with Crippen LogP contribution in [0.5, 0.6) is 0 Å². The van der Waals surface area contributed by atoms with Crippen LogP contribution in [0.25, 0.3) is 0 Å². The molecule has 0 bridgehead atoms. The molecule has 0 aromatic heterocycles. The molecule has 62 valence electrons. The zero-order valence-corrected chi connectivity index (χ0v) is 6.79. The van der Waals surface area contributed by atoms with Gasteiger partial charge in [0.05, 0.1) is 12.2 Å². The Morgan fingerprint density at radius 2 is 2.09 bits per heavy atom. The molecule has 0 saturated heterocycles. The van der Waals surface area contributed by atoms with Crippen molar-refractivity contribution in [1.29, 1.82) is 5.26 Å². The number of aliphatic hydroxyl groups is 1. The van der Waals surface area contributed by atoms with Gasteiger partial charge in [0.25, 0.3) is 0 Å². The molecule has 0 spiro atoms. The molecule has 1 N–H and O–H groups in total. The molecule has 1 rings (SSSR count). The Labute approximate surface area is 67.8 Å². The average Bonchev–Trinajstić information content (AvgIpc) is 2.03. The van der Waals surface area contributed by atoms with E-state index in [2.05, 4.69) is 6.07 Å². The Morgan fingerprint density at radius 1 is 1.36 bits per heavy atom. The average molecular weight is 153 g/mol. The standard InChI is InChI=1S/C9H15NO/c10-7-3-5-8-4-1-2-6-9(8)11/h8-9,11H,1-6H2/t8-,9-/m1/s1. The molecule has 0 aliphatic heterocycles. The van der Waals surface area contributed by atoms with Gasteiger partial charge in [0.2, 0.25) is 0 Å². The summed E-state index contributed by atoms with van der Waals surface area (Å²) in [7, 11) is 0. The molecule has 1 fully saturated rings. The van der Waals surface area contributed by atoms with E-state index in [1.165, 1.54) is 6.42 Å². The number of hydrogen-bond acceptors (Lipinski definition) is 2. The van der Waals surface area contributed by atoms with Crippen molar-refractivity contribution >= 4 is 0 Å². The molecule has 2 nitrogen and oxygen atoms in total. The largest absolute Gasteiger partial charge is 0.393 e. The number of nitriles is 1. The predicted octanol–water partition coefficient (Wildman–Crippen LogP) is 1.84. The van der Waals surface area contributed by atoms with Crippen LogP contribution >= 0.6 is 0 Å². The van der Waals surface area contributed by atoms with Crippen molar-refractivity contribution < 1.29 is 5.11 Å². The van der Waals surface area contributed by atoms with Gasteiger partial charge in [-0.15, -0.1) is 0 Å². The van der Waals surface area contributed by atoms with E-state index in [4.69, 9.17) is 5.26 Å². The van der Waals surface area contributed by atoms with Crippen molar-refractivity contribution in [3.8, 4) is 6.07 Å². The highest BCUT2D eigenvalue weighted by molar-refractivity contribution is 4.78. The van der Waals surface area contributed by atoms with E-state index in [-0.39, 0.29) is 6.10 Å². The highest BCUT2D eigenvalue weighted by Gasteiger charge is 2.21. The van der Waals surface area contributed by atoms with Gasteiger partial charge in [-0.2, -0.15) is 5.26 Å². The first-order valence-corrected chi connectivity index (χ1v) is 4.39. The summed E-state index contributed by atoms with van der Waals surface area (Å²) in [5.41, 5.74) is 0. The smallest absolute Gasteiger partial charge is 0.0621 e. The molecule has 1 aliphatic rings. The van der Waals surface area contributed by atoms with Crippen LogP contribution in [0, 0.1) is 17.2 Å². The molecule has 2 atom stereocenters. The summed E-state index contributed by atoms with van der Waals surface area (Å²) in [5, 5.41) is 17.8. The minimum Gasteiger partial charge on any atom is -0.393 e. The summed E-state index contributed by atoms with van der Waals surface area (Å²) in [6.45, 7) is 0. The molecular formula is C9H15NO. The van der Waals surface area contributed by atoms with Gasteiger partial charge in [0.1, 0.15) is 0 Å². The first-order chi connectivity index (χ1) is 5.34. The van der Waals surface area contributed by atoms with Crippen molar-refractivity contribution in [2.45, 2.75) is 44.6 Å². The van der Waals surface area contributed by atoms with E-state index in [0.29, 0.717) is 12.3 Å². The molecule has 11 heavy (non-hydrogen) atoms. The molecule has 0 heterocycles. The number of hydrogen-bond donors (Lipinski definition) is 1. The van der Waals surface area contributed by atoms with Crippen molar-refractivity contribution in [1.82, 2.24) is 0 Å². The lowest BCUT2D eigenvalue weighted by atomic mass is 9.84. The first-order valence-electron chi connectivity index (χ1n) is 4.39. The quantitative estimate of drug-likeness (QED) is 0.657. The zero-order valence-electron chi connectivity index (χ0n) is 6.79. The van der Waals surface area contributed by atoms with Gasteiger partial charge in [-0.25, -0.2) is 0 Å². The Morgan fingerprint density at radius 3 is 2.73 bits per heavy atom. The van der Waals surface area contributed by atoms with E-state index < -0.39 is 0 Å². The fourth-order valence-electron chi connectivity index (χ4n) is 1.77. The van der Waals surface area contributed by atoms with E-state index in [9.17, 15) is 5.11 Å². The first kappa shape index (κ1) is 8.55. The maximum atomic E-state index is 9.49. The lowest BCUT2D eigenvalue weighted by Crippen LogP contribution is -2.24. The lowest BCUT2D eigenvalue weighted by molar-refractivity contribution is 0.0661. The highest BCUT2D eigenvalue weighted by Crippen LogP contribution is 2.27. The van der Waals surface area contributed by atoms with Crippen molar-refractivity contribution in [3.63, 3.8) is 0 Å². The number of rotatable bonds is 2. The molecule has 0 unspecified atom stereocenters. The summed E-state index contributed by atoms with van der Waals surface area (Å²) in [5.74, 6) is 0.406. The Hall–Kier alpha value is -0.550. The van der Waals surface area contributed by atoms with Crippen LogP contribution in [-0.2, 0) is 0 Å². The Balaban J connectivity index is 2.25.